The molecule has 3 aromatic rings. The van der Waals surface area contributed by atoms with E-state index in [2.05, 4.69) is 10.4 Å². The van der Waals surface area contributed by atoms with Crippen LogP contribution in [0.3, 0.4) is 0 Å². The Morgan fingerprint density at radius 1 is 1.16 bits per heavy atom. The number of carbonyl (C=O) groups excluding carboxylic acids is 2. The van der Waals surface area contributed by atoms with E-state index in [4.69, 9.17) is 0 Å². The van der Waals surface area contributed by atoms with E-state index in [-0.39, 0.29) is 29.6 Å². The fourth-order valence-corrected chi connectivity index (χ4v) is 3.94. The molecule has 1 atom stereocenters. The number of rotatable bonds is 5. The van der Waals surface area contributed by atoms with Crippen LogP contribution in [-0.2, 0) is 4.79 Å². The molecule has 0 bridgehead atoms. The third-order valence-electron chi connectivity index (χ3n) is 5.40. The average molecular weight is 423 g/mol. The van der Waals surface area contributed by atoms with Crippen molar-refractivity contribution in [1.29, 1.82) is 0 Å². The topological polar surface area (TPSA) is 72.2 Å². The Labute approximate surface area is 180 Å². The summed E-state index contributed by atoms with van der Waals surface area (Å²) in [6.45, 7) is 4.83. The molecule has 31 heavy (non-hydrogen) atoms. The maximum Gasteiger partial charge on any atom is 0.259 e. The number of nitrogens with one attached hydrogen (secondary N) is 1. The molecule has 1 aliphatic heterocycles. The van der Waals surface area contributed by atoms with Gasteiger partial charge in [0.15, 0.2) is 5.82 Å². The smallest absolute Gasteiger partial charge is 0.259 e. The van der Waals surface area contributed by atoms with E-state index in [1.54, 1.807) is 27.9 Å². The average Bonchev–Trinajstić information content (AvgIpc) is 3.43. The van der Waals surface area contributed by atoms with Gasteiger partial charge in [-0.2, -0.15) is 5.10 Å². The SMILES string of the molecule is CC(C)NC(=O)[C@@H]1CCCN(C(=O)c2cnn(-c3ccc(F)cc3)c2-n2cccc2)C1. The fourth-order valence-electron chi connectivity index (χ4n) is 3.94. The van der Waals surface area contributed by atoms with Crippen LogP contribution in [0.5, 0.6) is 0 Å². The van der Waals surface area contributed by atoms with E-state index < -0.39 is 0 Å². The Morgan fingerprint density at radius 2 is 1.87 bits per heavy atom. The minimum Gasteiger partial charge on any atom is -0.354 e. The lowest BCUT2D eigenvalue weighted by Crippen LogP contribution is -2.46. The summed E-state index contributed by atoms with van der Waals surface area (Å²) in [4.78, 5) is 27.7. The molecule has 4 rings (SSSR count). The van der Waals surface area contributed by atoms with Gasteiger partial charge in [0, 0.05) is 31.5 Å². The number of benzene rings is 1. The van der Waals surface area contributed by atoms with Gasteiger partial charge in [-0.15, -0.1) is 0 Å². The monoisotopic (exact) mass is 423 g/mol. The Kier molecular flexibility index (Phi) is 5.88. The summed E-state index contributed by atoms with van der Waals surface area (Å²) in [5, 5.41) is 7.38. The van der Waals surface area contributed by atoms with Gasteiger partial charge >= 0.3 is 0 Å². The van der Waals surface area contributed by atoms with Gasteiger partial charge in [0.1, 0.15) is 11.4 Å². The van der Waals surface area contributed by atoms with Crippen LogP contribution < -0.4 is 5.32 Å². The second-order valence-corrected chi connectivity index (χ2v) is 8.11. The predicted molar refractivity (Wildman–Crippen MR) is 115 cm³/mol. The van der Waals surface area contributed by atoms with Crippen molar-refractivity contribution < 1.29 is 14.0 Å². The molecule has 1 fully saturated rings. The van der Waals surface area contributed by atoms with Crippen LogP contribution in [0.4, 0.5) is 4.39 Å². The number of piperidine rings is 1. The first-order chi connectivity index (χ1) is 14.9. The number of halogens is 1. The van der Waals surface area contributed by atoms with Gasteiger partial charge < -0.3 is 14.8 Å². The number of likely N-dealkylation sites (tertiary alicyclic amines) is 1. The summed E-state index contributed by atoms with van der Waals surface area (Å²) in [7, 11) is 0. The molecule has 2 aromatic heterocycles. The molecule has 8 heteroatoms. The number of aromatic nitrogens is 3. The molecule has 0 saturated carbocycles. The van der Waals surface area contributed by atoms with Gasteiger partial charge in [0.05, 0.1) is 17.8 Å². The molecule has 0 spiro atoms. The van der Waals surface area contributed by atoms with Crippen molar-refractivity contribution in [3.05, 3.63) is 66.4 Å². The van der Waals surface area contributed by atoms with E-state index in [0.29, 0.717) is 30.2 Å². The van der Waals surface area contributed by atoms with E-state index in [1.807, 2.05) is 42.9 Å². The first-order valence-corrected chi connectivity index (χ1v) is 10.5. The van der Waals surface area contributed by atoms with Gasteiger partial charge in [-0.05, 0) is 63.1 Å². The van der Waals surface area contributed by atoms with Crippen molar-refractivity contribution in [2.75, 3.05) is 13.1 Å². The molecular formula is C23H26FN5O2. The van der Waals surface area contributed by atoms with Crippen LogP contribution in [0.15, 0.2) is 55.0 Å². The highest BCUT2D eigenvalue weighted by atomic mass is 19.1. The summed E-state index contributed by atoms with van der Waals surface area (Å²) in [5.41, 5.74) is 1.09. The molecule has 1 N–H and O–H groups in total. The van der Waals surface area contributed by atoms with Crippen LogP contribution in [0.1, 0.15) is 37.0 Å². The van der Waals surface area contributed by atoms with E-state index in [9.17, 15) is 14.0 Å². The molecule has 1 aromatic carbocycles. The van der Waals surface area contributed by atoms with Gasteiger partial charge in [0.2, 0.25) is 5.91 Å². The molecule has 2 amide bonds. The summed E-state index contributed by atoms with van der Waals surface area (Å²) in [5.74, 6) is -0.161. The maximum absolute atomic E-state index is 13.5. The van der Waals surface area contributed by atoms with Crippen molar-refractivity contribution in [3.63, 3.8) is 0 Å². The van der Waals surface area contributed by atoms with E-state index in [0.717, 1.165) is 12.8 Å². The van der Waals surface area contributed by atoms with Crippen LogP contribution in [-0.4, -0.2) is 50.2 Å². The Bertz CT molecular complexity index is 1060. The first kappa shape index (κ1) is 20.8. The Morgan fingerprint density at radius 3 is 2.55 bits per heavy atom. The van der Waals surface area contributed by atoms with E-state index in [1.165, 1.54) is 12.1 Å². The largest absolute Gasteiger partial charge is 0.354 e. The molecule has 0 aliphatic carbocycles. The minimum atomic E-state index is -0.339. The fraction of sp³-hybridized carbons (Fsp3) is 0.348. The second kappa shape index (κ2) is 8.75. The van der Waals surface area contributed by atoms with E-state index >= 15 is 0 Å². The van der Waals surface area contributed by atoms with Crippen molar-refractivity contribution in [2.24, 2.45) is 5.92 Å². The predicted octanol–water partition coefficient (Wildman–Crippen LogP) is 3.18. The van der Waals surface area contributed by atoms with Gasteiger partial charge in [-0.25, -0.2) is 9.07 Å². The van der Waals surface area contributed by atoms with Crippen molar-refractivity contribution >= 4 is 11.8 Å². The Balaban J connectivity index is 1.65. The van der Waals surface area contributed by atoms with Gasteiger partial charge in [0.25, 0.3) is 5.91 Å². The third kappa shape index (κ3) is 4.38. The molecule has 1 saturated heterocycles. The first-order valence-electron chi connectivity index (χ1n) is 10.5. The van der Waals surface area contributed by atoms with Crippen molar-refractivity contribution in [2.45, 2.75) is 32.7 Å². The summed E-state index contributed by atoms with van der Waals surface area (Å²) >= 11 is 0. The molecule has 3 heterocycles. The van der Waals surface area contributed by atoms with Crippen molar-refractivity contribution in [3.8, 4) is 11.5 Å². The number of amides is 2. The number of carbonyl (C=O) groups is 2. The lowest BCUT2D eigenvalue weighted by atomic mass is 9.96. The highest BCUT2D eigenvalue weighted by Crippen LogP contribution is 2.24. The number of hydrogen-bond acceptors (Lipinski definition) is 3. The Hall–Kier alpha value is -3.42. The van der Waals surface area contributed by atoms with Crippen LogP contribution >= 0.6 is 0 Å². The quantitative estimate of drug-likeness (QED) is 0.685. The van der Waals surface area contributed by atoms with Crippen LogP contribution in [0, 0.1) is 11.7 Å². The standard InChI is InChI=1S/C23H26FN5O2/c1-16(2)26-21(30)17-6-5-13-28(15-17)23(31)20-14-25-29(19-9-7-18(24)8-10-19)22(20)27-11-3-4-12-27/h3-4,7-12,14,16-17H,5-6,13,15H2,1-2H3,(H,26,30)/t17-/m1/s1. The normalized spacial score (nSPS) is 16.5. The summed E-state index contributed by atoms with van der Waals surface area (Å²) < 4.78 is 16.8. The zero-order valence-electron chi connectivity index (χ0n) is 17.7. The lowest BCUT2D eigenvalue weighted by Gasteiger charge is -2.32. The molecule has 0 radical (unpaired) electrons. The highest BCUT2D eigenvalue weighted by Gasteiger charge is 2.31. The third-order valence-corrected chi connectivity index (χ3v) is 5.40. The van der Waals surface area contributed by atoms with Gasteiger partial charge in [-0.3, -0.25) is 9.59 Å². The number of hydrogen-bond donors (Lipinski definition) is 1. The molecular weight excluding hydrogens is 397 g/mol. The lowest BCUT2D eigenvalue weighted by molar-refractivity contribution is -0.126. The zero-order valence-corrected chi connectivity index (χ0v) is 17.7. The van der Waals surface area contributed by atoms with Crippen LogP contribution in [0.2, 0.25) is 0 Å². The number of nitrogens with zero attached hydrogens (tertiary/aromatic N) is 4. The van der Waals surface area contributed by atoms with Crippen molar-refractivity contribution in [1.82, 2.24) is 24.6 Å². The van der Waals surface area contributed by atoms with Crippen LogP contribution in [0.25, 0.3) is 11.5 Å². The minimum absolute atomic E-state index is 0.0138. The summed E-state index contributed by atoms with van der Waals surface area (Å²) in [6.07, 6.45) is 6.75. The molecule has 0 unspecified atom stereocenters. The second-order valence-electron chi connectivity index (χ2n) is 8.11. The maximum atomic E-state index is 13.5. The molecule has 162 valence electrons. The zero-order chi connectivity index (χ0) is 22.0. The molecule has 7 nitrogen and oxygen atoms in total. The van der Waals surface area contributed by atoms with Gasteiger partial charge in [-0.1, -0.05) is 0 Å². The highest BCUT2D eigenvalue weighted by molar-refractivity contribution is 5.97. The summed E-state index contributed by atoms with van der Waals surface area (Å²) in [6, 6.07) is 9.76. The molecule has 1 aliphatic rings.